The minimum atomic E-state index is -4.75. The Hall–Kier alpha value is -3.65. The minimum absolute atomic E-state index is 0.236. The topological polar surface area (TPSA) is 70.3 Å². The monoisotopic (exact) mass is 411 g/mol. The van der Waals surface area contributed by atoms with Crippen LogP contribution in [0, 0.1) is 0 Å². The first kappa shape index (κ1) is 19.7. The van der Waals surface area contributed by atoms with Crippen molar-refractivity contribution in [2.24, 2.45) is 0 Å². The average Bonchev–Trinajstić information content (AvgIpc) is 2.73. The van der Waals surface area contributed by atoms with Crippen LogP contribution in [0.4, 0.5) is 18.9 Å². The first-order valence-corrected chi connectivity index (χ1v) is 8.94. The van der Waals surface area contributed by atoms with Crippen molar-refractivity contribution in [1.29, 1.82) is 0 Å². The van der Waals surface area contributed by atoms with Gasteiger partial charge in [0.2, 0.25) is 0 Å². The standard InChI is InChI=1S/C22H16F3N3O2/c23-22(24,25)30-13-29-16-4-1-3-15(11-16)21-17(5-2-9-28-21)14-6-7-20-18(12-14)19(26)8-10-27-20/h1-12H,13H2,(H2,26,27). The molecule has 8 heteroatoms. The number of anilines is 1. The molecule has 2 N–H and O–H groups in total. The van der Waals surface area contributed by atoms with Crippen molar-refractivity contribution in [2.75, 3.05) is 12.5 Å². The van der Waals surface area contributed by atoms with E-state index in [1.165, 1.54) is 0 Å². The van der Waals surface area contributed by atoms with Crippen LogP contribution in [0.3, 0.4) is 0 Å². The molecule has 0 saturated heterocycles. The number of halogens is 3. The normalized spacial score (nSPS) is 11.6. The molecule has 0 spiro atoms. The minimum Gasteiger partial charge on any atom is -0.467 e. The molecular formula is C22H16F3N3O2. The first-order chi connectivity index (χ1) is 14.4. The molecule has 2 aromatic carbocycles. The van der Waals surface area contributed by atoms with E-state index in [1.54, 1.807) is 42.7 Å². The lowest BCUT2D eigenvalue weighted by atomic mass is 9.97. The summed E-state index contributed by atoms with van der Waals surface area (Å²) in [5, 5.41) is 0.825. The second-order valence-corrected chi connectivity index (χ2v) is 6.41. The van der Waals surface area contributed by atoms with Gasteiger partial charge in [-0.3, -0.25) is 14.7 Å². The maximum atomic E-state index is 12.2. The molecule has 4 aromatic rings. The lowest BCUT2D eigenvalue weighted by molar-refractivity contribution is -0.341. The van der Waals surface area contributed by atoms with Crippen LogP contribution in [0.1, 0.15) is 0 Å². The molecule has 0 unspecified atom stereocenters. The van der Waals surface area contributed by atoms with E-state index in [1.807, 2.05) is 30.3 Å². The second-order valence-electron chi connectivity index (χ2n) is 6.41. The van der Waals surface area contributed by atoms with Crippen LogP contribution in [-0.4, -0.2) is 23.1 Å². The molecule has 0 aliphatic rings. The highest BCUT2D eigenvalue weighted by Gasteiger charge is 2.29. The summed E-state index contributed by atoms with van der Waals surface area (Å²) < 4.78 is 45.2. The Balaban J connectivity index is 1.69. The van der Waals surface area contributed by atoms with Crippen molar-refractivity contribution in [3.63, 3.8) is 0 Å². The highest BCUT2D eigenvalue weighted by atomic mass is 19.4. The molecule has 0 aliphatic carbocycles. The van der Waals surface area contributed by atoms with E-state index in [2.05, 4.69) is 14.7 Å². The number of nitrogen functional groups attached to an aromatic ring is 1. The molecule has 152 valence electrons. The Morgan fingerprint density at radius 1 is 0.867 bits per heavy atom. The van der Waals surface area contributed by atoms with Crippen molar-refractivity contribution < 1.29 is 22.6 Å². The summed E-state index contributed by atoms with van der Waals surface area (Å²) in [6, 6.07) is 17.9. The van der Waals surface area contributed by atoms with Crippen LogP contribution < -0.4 is 10.5 Å². The highest BCUT2D eigenvalue weighted by Crippen LogP contribution is 2.34. The number of rotatable bonds is 5. The molecule has 30 heavy (non-hydrogen) atoms. The predicted molar refractivity (Wildman–Crippen MR) is 107 cm³/mol. The fourth-order valence-electron chi connectivity index (χ4n) is 3.10. The first-order valence-electron chi connectivity index (χ1n) is 8.94. The highest BCUT2D eigenvalue weighted by molar-refractivity contribution is 5.94. The second kappa shape index (κ2) is 8.00. The van der Waals surface area contributed by atoms with Gasteiger partial charge in [-0.25, -0.2) is 0 Å². The van der Waals surface area contributed by atoms with Gasteiger partial charge in [-0.1, -0.05) is 24.3 Å². The summed E-state index contributed by atoms with van der Waals surface area (Å²) in [6.45, 7) is -0.932. The van der Waals surface area contributed by atoms with Gasteiger partial charge in [0.1, 0.15) is 5.75 Å². The number of fused-ring (bicyclic) bond motifs is 1. The molecule has 0 amide bonds. The van der Waals surface area contributed by atoms with Gasteiger partial charge in [0.05, 0.1) is 11.2 Å². The van der Waals surface area contributed by atoms with E-state index in [0.29, 0.717) is 16.9 Å². The van der Waals surface area contributed by atoms with E-state index >= 15 is 0 Å². The van der Waals surface area contributed by atoms with Crippen LogP contribution in [0.15, 0.2) is 73.1 Å². The van der Waals surface area contributed by atoms with Crippen LogP contribution in [0.2, 0.25) is 0 Å². The van der Waals surface area contributed by atoms with Crippen molar-refractivity contribution in [1.82, 2.24) is 9.97 Å². The van der Waals surface area contributed by atoms with Crippen molar-refractivity contribution in [3.05, 3.63) is 73.1 Å². The molecule has 2 heterocycles. The molecule has 0 aliphatic heterocycles. The molecule has 0 atom stereocenters. The number of aromatic nitrogens is 2. The third-order valence-corrected chi connectivity index (χ3v) is 4.45. The van der Waals surface area contributed by atoms with E-state index < -0.39 is 13.2 Å². The zero-order chi connectivity index (χ0) is 21.1. The third kappa shape index (κ3) is 4.33. The molecule has 0 radical (unpaired) electrons. The molecule has 2 aromatic heterocycles. The lowest BCUT2D eigenvalue weighted by Gasteiger charge is -2.12. The Bertz CT molecular complexity index is 1200. The van der Waals surface area contributed by atoms with Gasteiger partial charge in [-0.15, -0.1) is 13.2 Å². The third-order valence-electron chi connectivity index (χ3n) is 4.45. The number of hydrogen-bond donors (Lipinski definition) is 1. The number of pyridine rings is 2. The molecule has 0 bridgehead atoms. The molecular weight excluding hydrogens is 395 g/mol. The van der Waals surface area contributed by atoms with E-state index in [0.717, 1.165) is 22.0 Å². The average molecular weight is 411 g/mol. The summed E-state index contributed by atoms with van der Waals surface area (Å²) in [7, 11) is 0. The van der Waals surface area contributed by atoms with Gasteiger partial charge >= 0.3 is 6.36 Å². The zero-order valence-electron chi connectivity index (χ0n) is 15.6. The Morgan fingerprint density at radius 2 is 1.73 bits per heavy atom. The maximum absolute atomic E-state index is 12.2. The van der Waals surface area contributed by atoms with E-state index in [4.69, 9.17) is 10.5 Å². The van der Waals surface area contributed by atoms with Crippen LogP contribution >= 0.6 is 0 Å². The van der Waals surface area contributed by atoms with Crippen LogP contribution in [0.5, 0.6) is 5.75 Å². The number of alkyl halides is 3. The summed E-state index contributed by atoms with van der Waals surface area (Å²) in [5.74, 6) is 0.236. The fraction of sp³-hybridized carbons (Fsp3) is 0.0909. The van der Waals surface area contributed by atoms with E-state index in [-0.39, 0.29) is 5.75 Å². The number of nitrogens with two attached hydrogens (primary N) is 1. The van der Waals surface area contributed by atoms with Gasteiger partial charge in [-0.2, -0.15) is 0 Å². The summed E-state index contributed by atoms with van der Waals surface area (Å²) in [4.78, 5) is 8.79. The number of hydrogen-bond acceptors (Lipinski definition) is 5. The SMILES string of the molecule is Nc1ccnc2ccc(-c3cccnc3-c3cccc(OCOC(F)(F)F)c3)cc12. The number of ether oxygens (including phenoxy) is 2. The Kier molecular flexibility index (Phi) is 5.24. The zero-order valence-corrected chi connectivity index (χ0v) is 15.6. The number of nitrogens with zero attached hydrogens (tertiary/aromatic N) is 2. The van der Waals surface area contributed by atoms with Crippen molar-refractivity contribution in [3.8, 4) is 28.1 Å². The van der Waals surface area contributed by atoms with Gasteiger partial charge in [0.25, 0.3) is 0 Å². The van der Waals surface area contributed by atoms with Crippen molar-refractivity contribution >= 4 is 16.6 Å². The largest absolute Gasteiger partial charge is 0.525 e. The van der Waals surface area contributed by atoms with E-state index in [9.17, 15) is 13.2 Å². The summed E-state index contributed by atoms with van der Waals surface area (Å²) in [5.41, 5.74) is 10.6. The molecule has 0 saturated carbocycles. The maximum Gasteiger partial charge on any atom is 0.525 e. The summed E-state index contributed by atoms with van der Waals surface area (Å²) in [6.07, 6.45) is -1.45. The van der Waals surface area contributed by atoms with Gasteiger partial charge in [-0.05, 0) is 42.0 Å². The van der Waals surface area contributed by atoms with Gasteiger partial charge < -0.3 is 10.5 Å². The lowest BCUT2D eigenvalue weighted by Crippen LogP contribution is -2.17. The predicted octanol–water partition coefficient (Wildman–Crippen LogP) is 5.42. The Labute approximate surface area is 169 Å². The van der Waals surface area contributed by atoms with Crippen LogP contribution in [-0.2, 0) is 4.74 Å². The smallest absolute Gasteiger partial charge is 0.467 e. The van der Waals surface area contributed by atoms with Crippen LogP contribution in [0.25, 0.3) is 33.3 Å². The van der Waals surface area contributed by atoms with Crippen molar-refractivity contribution in [2.45, 2.75) is 6.36 Å². The quantitative estimate of drug-likeness (QED) is 0.444. The molecule has 4 rings (SSSR count). The van der Waals surface area contributed by atoms with Gasteiger partial charge in [0.15, 0.2) is 6.79 Å². The fourth-order valence-corrected chi connectivity index (χ4v) is 3.10. The number of benzene rings is 2. The Morgan fingerprint density at radius 3 is 2.57 bits per heavy atom. The molecule has 5 nitrogen and oxygen atoms in total. The van der Waals surface area contributed by atoms with Gasteiger partial charge in [0, 0.05) is 34.6 Å². The molecule has 0 fully saturated rings. The summed E-state index contributed by atoms with van der Waals surface area (Å²) >= 11 is 0.